The number of fused-ring (bicyclic) bond motifs is 2. The molecule has 0 spiro atoms. The quantitative estimate of drug-likeness (QED) is 0.484. The number of halogens is 1. The molecule has 2 aliphatic rings. The topological polar surface area (TPSA) is 16.1 Å². The minimum absolute atomic E-state index is 0.815. The van der Waals surface area contributed by atoms with Crippen molar-refractivity contribution in [3.05, 3.63) is 99.8 Å². The Bertz CT molecular complexity index is 1050. The Kier molecular flexibility index (Phi) is 4.98. The molecular formula is C24H21ClN2S. The number of rotatable bonds is 2. The zero-order chi connectivity index (χ0) is 18.9. The SMILES string of the molecule is Clc1ccc2c(c1)CCc1cccnc1/C2=C1/CCN(Sc2ccccc2)C1. The fourth-order valence-corrected chi connectivity index (χ4v) is 5.35. The number of benzene rings is 2. The second-order valence-corrected chi connectivity index (χ2v) is 8.92. The summed E-state index contributed by atoms with van der Waals surface area (Å²) in [4.78, 5) is 6.11. The van der Waals surface area contributed by atoms with Crippen LogP contribution >= 0.6 is 23.5 Å². The lowest BCUT2D eigenvalue weighted by Gasteiger charge is -2.16. The van der Waals surface area contributed by atoms with E-state index in [9.17, 15) is 0 Å². The van der Waals surface area contributed by atoms with E-state index in [1.54, 1.807) is 0 Å². The Balaban J connectivity index is 1.57. The molecule has 2 aromatic carbocycles. The van der Waals surface area contributed by atoms with Gasteiger partial charge in [0, 0.05) is 34.8 Å². The fourth-order valence-electron chi connectivity index (χ4n) is 4.18. The fraction of sp³-hybridized carbons (Fsp3) is 0.208. The molecule has 0 amide bonds. The van der Waals surface area contributed by atoms with E-state index in [1.807, 2.05) is 24.2 Å². The molecule has 3 aromatic rings. The molecular weight excluding hydrogens is 384 g/mol. The van der Waals surface area contributed by atoms with E-state index in [0.29, 0.717) is 0 Å². The van der Waals surface area contributed by atoms with E-state index in [4.69, 9.17) is 16.6 Å². The maximum Gasteiger partial charge on any atom is 0.0740 e. The standard InChI is InChI=1S/C24H21ClN2S/c25-20-10-11-22-18(15-20)9-8-17-5-4-13-26-24(17)23(22)19-12-14-27(16-19)28-21-6-2-1-3-7-21/h1-7,10-11,13,15H,8-9,12,14,16H2/b23-19-. The molecule has 1 saturated heterocycles. The highest BCUT2D eigenvalue weighted by Gasteiger charge is 2.27. The smallest absolute Gasteiger partial charge is 0.0740 e. The molecule has 4 heteroatoms. The van der Waals surface area contributed by atoms with Crippen LogP contribution < -0.4 is 0 Å². The average Bonchev–Trinajstić information content (AvgIpc) is 3.10. The van der Waals surface area contributed by atoms with Gasteiger partial charge in [-0.2, -0.15) is 0 Å². The third-order valence-corrected chi connectivity index (χ3v) is 6.78. The largest absolute Gasteiger partial charge is 0.256 e. The third kappa shape index (κ3) is 3.50. The van der Waals surface area contributed by atoms with Gasteiger partial charge in [0.15, 0.2) is 0 Å². The van der Waals surface area contributed by atoms with Crippen molar-refractivity contribution in [2.24, 2.45) is 0 Å². The van der Waals surface area contributed by atoms with Crippen LogP contribution in [0, 0.1) is 0 Å². The van der Waals surface area contributed by atoms with Gasteiger partial charge in [-0.15, -0.1) is 0 Å². The summed E-state index contributed by atoms with van der Waals surface area (Å²) in [6.07, 6.45) is 5.02. The van der Waals surface area contributed by atoms with E-state index in [2.05, 4.69) is 58.9 Å². The van der Waals surface area contributed by atoms with Crippen LogP contribution in [0.2, 0.25) is 5.02 Å². The Morgan fingerprint density at radius 1 is 0.893 bits per heavy atom. The summed E-state index contributed by atoms with van der Waals surface area (Å²) in [5, 5.41) is 0.815. The van der Waals surface area contributed by atoms with Crippen molar-refractivity contribution >= 4 is 29.1 Å². The highest BCUT2D eigenvalue weighted by molar-refractivity contribution is 7.97. The summed E-state index contributed by atoms with van der Waals surface area (Å²) in [6.45, 7) is 2.02. The van der Waals surface area contributed by atoms with Crippen LogP contribution in [-0.2, 0) is 12.8 Å². The van der Waals surface area contributed by atoms with Gasteiger partial charge in [0.25, 0.3) is 0 Å². The summed E-state index contributed by atoms with van der Waals surface area (Å²) in [6, 6.07) is 21.2. The molecule has 140 valence electrons. The monoisotopic (exact) mass is 404 g/mol. The first-order valence-corrected chi connectivity index (χ1v) is 10.9. The summed E-state index contributed by atoms with van der Waals surface area (Å²) in [5.74, 6) is 0. The van der Waals surface area contributed by atoms with Crippen LogP contribution in [0.1, 0.15) is 28.8 Å². The van der Waals surface area contributed by atoms with Crippen molar-refractivity contribution in [1.29, 1.82) is 0 Å². The highest BCUT2D eigenvalue weighted by Crippen LogP contribution is 2.39. The van der Waals surface area contributed by atoms with Gasteiger partial charge >= 0.3 is 0 Å². The second kappa shape index (κ2) is 7.75. The molecule has 0 unspecified atom stereocenters. The van der Waals surface area contributed by atoms with E-state index in [-0.39, 0.29) is 0 Å². The van der Waals surface area contributed by atoms with Gasteiger partial charge in [0.2, 0.25) is 0 Å². The minimum atomic E-state index is 0.815. The van der Waals surface area contributed by atoms with Crippen molar-refractivity contribution in [3.8, 4) is 0 Å². The number of aromatic nitrogens is 1. The number of hydrogen-bond acceptors (Lipinski definition) is 3. The number of nitrogens with zero attached hydrogens (tertiary/aromatic N) is 2. The molecule has 0 saturated carbocycles. The molecule has 2 heterocycles. The number of hydrogen-bond donors (Lipinski definition) is 0. The summed E-state index contributed by atoms with van der Waals surface area (Å²) in [7, 11) is 0. The van der Waals surface area contributed by atoms with Crippen molar-refractivity contribution in [1.82, 2.24) is 9.29 Å². The molecule has 0 N–H and O–H groups in total. The van der Waals surface area contributed by atoms with E-state index >= 15 is 0 Å². The Morgan fingerprint density at radius 2 is 1.75 bits per heavy atom. The highest BCUT2D eigenvalue weighted by atomic mass is 35.5. The van der Waals surface area contributed by atoms with Gasteiger partial charge in [0.05, 0.1) is 5.69 Å². The first kappa shape index (κ1) is 18.0. The first-order chi connectivity index (χ1) is 13.8. The number of pyridine rings is 1. The zero-order valence-corrected chi connectivity index (χ0v) is 17.1. The van der Waals surface area contributed by atoms with E-state index in [0.717, 1.165) is 43.1 Å². The molecule has 0 atom stereocenters. The van der Waals surface area contributed by atoms with E-state index < -0.39 is 0 Å². The zero-order valence-electron chi connectivity index (χ0n) is 15.6. The summed E-state index contributed by atoms with van der Waals surface area (Å²) in [5.41, 5.74) is 7.95. The molecule has 0 bridgehead atoms. The molecule has 28 heavy (non-hydrogen) atoms. The Hall–Kier alpha value is -2.07. The second-order valence-electron chi connectivity index (χ2n) is 7.31. The molecule has 2 nitrogen and oxygen atoms in total. The van der Waals surface area contributed by atoms with Crippen molar-refractivity contribution in [2.45, 2.75) is 24.2 Å². The van der Waals surface area contributed by atoms with E-state index in [1.165, 1.54) is 32.7 Å². The Morgan fingerprint density at radius 3 is 2.64 bits per heavy atom. The predicted octanol–water partition coefficient (Wildman–Crippen LogP) is 6.05. The van der Waals surface area contributed by atoms with Gasteiger partial charge in [0.1, 0.15) is 0 Å². The van der Waals surface area contributed by atoms with Crippen LogP contribution in [0.15, 0.2) is 77.3 Å². The number of aryl methyl sites for hydroxylation is 2. The van der Waals surface area contributed by atoms with Crippen LogP contribution in [0.4, 0.5) is 0 Å². The van der Waals surface area contributed by atoms with Gasteiger partial charge in [-0.1, -0.05) is 41.9 Å². The molecule has 1 aromatic heterocycles. The van der Waals surface area contributed by atoms with Crippen LogP contribution in [-0.4, -0.2) is 22.4 Å². The van der Waals surface area contributed by atoms with Crippen molar-refractivity contribution in [2.75, 3.05) is 13.1 Å². The van der Waals surface area contributed by atoms with Crippen LogP contribution in [0.5, 0.6) is 0 Å². The maximum atomic E-state index is 6.32. The molecule has 1 aliphatic heterocycles. The lowest BCUT2D eigenvalue weighted by Crippen LogP contribution is -2.10. The van der Waals surface area contributed by atoms with Gasteiger partial charge < -0.3 is 0 Å². The Labute approximate surface area is 175 Å². The summed E-state index contributed by atoms with van der Waals surface area (Å²) >= 11 is 8.17. The first-order valence-electron chi connectivity index (χ1n) is 9.71. The predicted molar refractivity (Wildman–Crippen MR) is 118 cm³/mol. The molecule has 0 radical (unpaired) electrons. The molecule has 1 aliphatic carbocycles. The van der Waals surface area contributed by atoms with Gasteiger partial charge in [-0.05, 0) is 83.8 Å². The van der Waals surface area contributed by atoms with Crippen molar-refractivity contribution < 1.29 is 0 Å². The maximum absolute atomic E-state index is 6.32. The summed E-state index contributed by atoms with van der Waals surface area (Å²) < 4.78 is 2.46. The molecule has 5 rings (SSSR count). The lowest BCUT2D eigenvalue weighted by atomic mass is 9.92. The molecule has 1 fully saturated rings. The van der Waals surface area contributed by atoms with Crippen molar-refractivity contribution in [3.63, 3.8) is 0 Å². The average molecular weight is 405 g/mol. The van der Waals surface area contributed by atoms with Crippen LogP contribution in [0.3, 0.4) is 0 Å². The lowest BCUT2D eigenvalue weighted by molar-refractivity contribution is 0.595. The normalized spacial score (nSPS) is 19.2. The minimum Gasteiger partial charge on any atom is -0.256 e. The third-order valence-electron chi connectivity index (χ3n) is 5.49. The van der Waals surface area contributed by atoms with Gasteiger partial charge in [-0.25, -0.2) is 4.31 Å². The van der Waals surface area contributed by atoms with Gasteiger partial charge in [-0.3, -0.25) is 4.98 Å². The van der Waals surface area contributed by atoms with Crippen LogP contribution in [0.25, 0.3) is 5.57 Å².